The Labute approximate surface area is 93.0 Å². The third-order valence-electron chi connectivity index (χ3n) is 2.29. The molecular weight excluding hydrogens is 203 g/mol. The number of halogens is 2. The maximum atomic E-state index is 6.16. The molecule has 13 heavy (non-hydrogen) atoms. The molecule has 0 heterocycles. The molecule has 0 amide bonds. The second-order valence-corrected chi connectivity index (χ2v) is 4.79. The van der Waals surface area contributed by atoms with Gasteiger partial charge in [-0.3, -0.25) is 0 Å². The van der Waals surface area contributed by atoms with Gasteiger partial charge in [0.2, 0.25) is 0 Å². The molecule has 0 N–H and O–H groups in total. The van der Waals surface area contributed by atoms with Crippen LogP contribution in [0.15, 0.2) is 0 Å². The van der Waals surface area contributed by atoms with Crippen LogP contribution >= 0.6 is 23.2 Å². The number of alkyl halides is 2. The zero-order valence-electron chi connectivity index (χ0n) is 8.86. The van der Waals surface area contributed by atoms with Crippen molar-refractivity contribution in [3.05, 3.63) is 0 Å². The molecule has 2 heteroatoms. The topological polar surface area (TPSA) is 0 Å². The van der Waals surface area contributed by atoms with Crippen molar-refractivity contribution in [2.45, 2.75) is 69.5 Å². The lowest BCUT2D eigenvalue weighted by molar-refractivity contribution is 0.582. The Hall–Kier alpha value is 0.580. The summed E-state index contributed by atoms with van der Waals surface area (Å²) in [5.74, 6) is 0. The first kappa shape index (κ1) is 13.6. The number of hydrogen-bond acceptors (Lipinski definition) is 0. The highest BCUT2D eigenvalue weighted by Crippen LogP contribution is 2.21. The normalized spacial score (nSPS) is 15.7. The first-order chi connectivity index (χ1) is 6.22. The summed E-state index contributed by atoms with van der Waals surface area (Å²) in [6, 6.07) is 0. The minimum Gasteiger partial charge on any atom is -0.121 e. The fourth-order valence-electron chi connectivity index (χ4n) is 1.40. The number of unbranched alkanes of at least 4 members (excludes halogenated alkanes) is 3. The van der Waals surface area contributed by atoms with E-state index < -0.39 is 0 Å². The molecule has 0 aliphatic heterocycles. The van der Waals surface area contributed by atoms with E-state index in [0.29, 0.717) is 0 Å². The highest BCUT2D eigenvalue weighted by molar-refractivity contribution is 6.29. The summed E-state index contributed by atoms with van der Waals surface area (Å²) in [5.41, 5.74) is 0. The highest BCUT2D eigenvalue weighted by Gasteiger charge is 2.14. The van der Waals surface area contributed by atoms with Gasteiger partial charge < -0.3 is 0 Å². The molecule has 0 fully saturated rings. The van der Waals surface area contributed by atoms with Crippen LogP contribution in [0, 0.1) is 0 Å². The van der Waals surface area contributed by atoms with E-state index in [2.05, 4.69) is 13.8 Å². The molecule has 0 saturated heterocycles. The molecule has 0 aromatic rings. The van der Waals surface area contributed by atoms with Crippen molar-refractivity contribution in [1.29, 1.82) is 0 Å². The van der Waals surface area contributed by atoms with E-state index in [1.54, 1.807) is 0 Å². The zero-order chi connectivity index (χ0) is 10.1. The molecule has 0 radical (unpaired) electrons. The Bertz CT molecular complexity index is 104. The largest absolute Gasteiger partial charge is 0.121 e. The van der Waals surface area contributed by atoms with E-state index in [0.717, 1.165) is 19.3 Å². The van der Waals surface area contributed by atoms with Crippen LogP contribution in [0.25, 0.3) is 0 Å². The zero-order valence-corrected chi connectivity index (χ0v) is 10.4. The third kappa shape index (κ3) is 7.64. The fraction of sp³-hybridized carbons (Fsp3) is 1.00. The molecule has 2 atom stereocenters. The van der Waals surface area contributed by atoms with Crippen LogP contribution < -0.4 is 0 Å². The van der Waals surface area contributed by atoms with Crippen molar-refractivity contribution < 1.29 is 0 Å². The second kappa shape index (κ2) is 9.15. The smallest absolute Gasteiger partial charge is 0.0499 e. The third-order valence-corrected chi connectivity index (χ3v) is 3.46. The van der Waals surface area contributed by atoms with Gasteiger partial charge in [-0.1, -0.05) is 46.0 Å². The molecule has 0 aromatic heterocycles. The predicted octanol–water partition coefficient (Wildman–Crippen LogP) is 4.97. The summed E-state index contributed by atoms with van der Waals surface area (Å²) in [5, 5.41) is 0.353. The van der Waals surface area contributed by atoms with Crippen molar-refractivity contribution >= 4 is 23.2 Å². The van der Waals surface area contributed by atoms with Gasteiger partial charge in [0.25, 0.3) is 0 Å². The molecule has 0 aliphatic carbocycles. The summed E-state index contributed by atoms with van der Waals surface area (Å²) in [4.78, 5) is 0. The van der Waals surface area contributed by atoms with Crippen LogP contribution in [-0.4, -0.2) is 10.8 Å². The average molecular weight is 225 g/mol. The van der Waals surface area contributed by atoms with Crippen LogP contribution in [0.3, 0.4) is 0 Å². The van der Waals surface area contributed by atoms with Gasteiger partial charge in [0.1, 0.15) is 0 Å². The van der Waals surface area contributed by atoms with Crippen molar-refractivity contribution in [1.82, 2.24) is 0 Å². The molecular formula is C11H22Cl2. The van der Waals surface area contributed by atoms with Crippen LogP contribution in [0.5, 0.6) is 0 Å². The van der Waals surface area contributed by atoms with Crippen molar-refractivity contribution in [3.63, 3.8) is 0 Å². The lowest BCUT2D eigenvalue weighted by Gasteiger charge is -2.14. The van der Waals surface area contributed by atoms with E-state index in [-0.39, 0.29) is 10.8 Å². The number of hydrogen-bond donors (Lipinski definition) is 0. The van der Waals surface area contributed by atoms with Gasteiger partial charge in [-0.05, 0) is 12.8 Å². The Morgan fingerprint density at radius 3 is 1.92 bits per heavy atom. The summed E-state index contributed by atoms with van der Waals surface area (Å²) < 4.78 is 0. The lowest BCUT2D eigenvalue weighted by Crippen LogP contribution is -2.14. The fourth-order valence-corrected chi connectivity index (χ4v) is 2.03. The van der Waals surface area contributed by atoms with Crippen LogP contribution in [-0.2, 0) is 0 Å². The standard InChI is InChI=1S/C11H22Cl2/c1-3-5-6-7-9-11(13)10(12)8-4-2/h10-11H,3-9H2,1-2H3. The molecule has 2 unspecified atom stereocenters. The average Bonchev–Trinajstić information content (AvgIpc) is 2.12. The summed E-state index contributed by atoms with van der Waals surface area (Å²) in [6.07, 6.45) is 8.40. The Balaban J connectivity index is 3.32. The second-order valence-electron chi connectivity index (χ2n) is 3.67. The van der Waals surface area contributed by atoms with E-state index in [9.17, 15) is 0 Å². The van der Waals surface area contributed by atoms with E-state index in [4.69, 9.17) is 23.2 Å². The Morgan fingerprint density at radius 2 is 1.38 bits per heavy atom. The van der Waals surface area contributed by atoms with E-state index in [1.165, 1.54) is 25.7 Å². The molecule has 0 saturated carbocycles. The first-order valence-corrected chi connectivity index (χ1v) is 6.37. The number of rotatable bonds is 8. The molecule has 0 nitrogen and oxygen atoms in total. The van der Waals surface area contributed by atoms with E-state index in [1.807, 2.05) is 0 Å². The van der Waals surface area contributed by atoms with Gasteiger partial charge in [0.15, 0.2) is 0 Å². The summed E-state index contributed by atoms with van der Waals surface area (Å²) in [7, 11) is 0. The molecule has 0 spiro atoms. The van der Waals surface area contributed by atoms with Gasteiger partial charge in [-0.15, -0.1) is 23.2 Å². The van der Waals surface area contributed by atoms with Gasteiger partial charge in [-0.2, -0.15) is 0 Å². The van der Waals surface area contributed by atoms with Gasteiger partial charge in [0, 0.05) is 10.8 Å². The van der Waals surface area contributed by atoms with Gasteiger partial charge >= 0.3 is 0 Å². The minimum atomic E-state index is 0.174. The highest BCUT2D eigenvalue weighted by atomic mass is 35.5. The van der Waals surface area contributed by atoms with Crippen LogP contribution in [0.1, 0.15) is 58.8 Å². The van der Waals surface area contributed by atoms with Crippen LogP contribution in [0.4, 0.5) is 0 Å². The summed E-state index contributed by atoms with van der Waals surface area (Å²) >= 11 is 12.3. The maximum Gasteiger partial charge on any atom is 0.0499 e. The van der Waals surface area contributed by atoms with Crippen molar-refractivity contribution in [2.75, 3.05) is 0 Å². The summed E-state index contributed by atoms with van der Waals surface area (Å²) in [6.45, 7) is 4.37. The SMILES string of the molecule is CCCCCCC(Cl)C(Cl)CCC. The predicted molar refractivity (Wildman–Crippen MR) is 62.9 cm³/mol. The Kier molecular flexibility index (Phi) is 9.56. The minimum absolute atomic E-state index is 0.174. The van der Waals surface area contributed by atoms with E-state index >= 15 is 0 Å². The monoisotopic (exact) mass is 224 g/mol. The molecule has 0 aliphatic rings. The maximum absolute atomic E-state index is 6.16. The van der Waals surface area contributed by atoms with Crippen LogP contribution in [0.2, 0.25) is 0 Å². The van der Waals surface area contributed by atoms with Gasteiger partial charge in [-0.25, -0.2) is 0 Å². The van der Waals surface area contributed by atoms with Gasteiger partial charge in [0.05, 0.1) is 0 Å². The van der Waals surface area contributed by atoms with Crippen molar-refractivity contribution in [2.24, 2.45) is 0 Å². The lowest BCUT2D eigenvalue weighted by atomic mass is 10.1. The van der Waals surface area contributed by atoms with Crippen molar-refractivity contribution in [3.8, 4) is 0 Å². The Morgan fingerprint density at radius 1 is 0.769 bits per heavy atom. The molecule has 0 aromatic carbocycles. The molecule has 0 rings (SSSR count). The molecule has 0 bridgehead atoms. The molecule has 80 valence electrons. The first-order valence-electron chi connectivity index (χ1n) is 5.50. The quantitative estimate of drug-likeness (QED) is 0.404.